The van der Waals surface area contributed by atoms with Crippen LogP contribution in [0, 0.1) is 6.92 Å². The van der Waals surface area contributed by atoms with Crippen molar-refractivity contribution in [3.8, 4) is 10.7 Å². The Kier molecular flexibility index (Phi) is 3.26. The third-order valence-electron chi connectivity index (χ3n) is 2.44. The van der Waals surface area contributed by atoms with Gasteiger partial charge in [0.15, 0.2) is 0 Å². The van der Waals surface area contributed by atoms with E-state index in [-0.39, 0.29) is 0 Å². The van der Waals surface area contributed by atoms with E-state index in [1.807, 2.05) is 25.3 Å². The van der Waals surface area contributed by atoms with Crippen LogP contribution in [0.1, 0.15) is 10.6 Å². The number of aliphatic carboxylic acids is 1. The quantitative estimate of drug-likeness (QED) is 0.766. The molecular weight excluding hydrogens is 238 g/mol. The monoisotopic (exact) mass is 251 g/mol. The number of rotatable bonds is 4. The number of thiazole rings is 1. The standard InChI is InChI=1S/C11H13N3O2S/c1-6-9(5-7(12)11(15)16)17-10(14-6)8-3-2-4-13-8/h2-4,7,13H,5,12H2,1H3,(H,15,16). The third kappa shape index (κ3) is 2.54. The first kappa shape index (κ1) is 11.8. The first-order valence-electron chi connectivity index (χ1n) is 5.16. The largest absolute Gasteiger partial charge is 0.480 e. The second-order valence-corrected chi connectivity index (χ2v) is 4.84. The number of nitrogens with zero attached hydrogens (tertiary/aromatic N) is 1. The van der Waals surface area contributed by atoms with Crippen molar-refractivity contribution >= 4 is 17.3 Å². The number of carbonyl (C=O) groups is 1. The van der Waals surface area contributed by atoms with Crippen LogP contribution in [0.15, 0.2) is 18.3 Å². The Balaban J connectivity index is 2.22. The van der Waals surface area contributed by atoms with E-state index < -0.39 is 12.0 Å². The summed E-state index contributed by atoms with van der Waals surface area (Å²) in [6.45, 7) is 1.87. The van der Waals surface area contributed by atoms with E-state index in [4.69, 9.17) is 10.8 Å². The summed E-state index contributed by atoms with van der Waals surface area (Å²) in [4.78, 5) is 19.1. The van der Waals surface area contributed by atoms with E-state index in [0.29, 0.717) is 6.42 Å². The molecule has 6 heteroatoms. The van der Waals surface area contributed by atoms with Crippen molar-refractivity contribution in [1.29, 1.82) is 0 Å². The number of carboxylic acids is 1. The van der Waals surface area contributed by atoms with Crippen LogP contribution in [-0.4, -0.2) is 27.1 Å². The molecule has 2 aromatic heterocycles. The molecule has 4 N–H and O–H groups in total. The molecule has 0 aromatic carbocycles. The zero-order valence-corrected chi connectivity index (χ0v) is 10.1. The lowest BCUT2D eigenvalue weighted by molar-refractivity contribution is -0.138. The minimum absolute atomic E-state index is 0.319. The summed E-state index contributed by atoms with van der Waals surface area (Å²) >= 11 is 1.48. The molecule has 2 rings (SSSR count). The van der Waals surface area contributed by atoms with Gasteiger partial charge in [-0.25, -0.2) is 4.98 Å². The van der Waals surface area contributed by atoms with E-state index in [2.05, 4.69) is 9.97 Å². The van der Waals surface area contributed by atoms with E-state index >= 15 is 0 Å². The van der Waals surface area contributed by atoms with E-state index in [9.17, 15) is 4.79 Å². The van der Waals surface area contributed by atoms with Crippen LogP contribution >= 0.6 is 11.3 Å². The second-order valence-electron chi connectivity index (χ2n) is 3.76. The number of nitrogens with two attached hydrogens (primary N) is 1. The fourth-order valence-electron chi connectivity index (χ4n) is 1.48. The molecule has 1 atom stereocenters. The highest BCUT2D eigenvalue weighted by Gasteiger charge is 2.17. The summed E-state index contributed by atoms with van der Waals surface area (Å²) in [5, 5.41) is 9.64. The highest BCUT2D eigenvalue weighted by molar-refractivity contribution is 7.15. The van der Waals surface area contributed by atoms with Crippen LogP contribution in [0.4, 0.5) is 0 Å². The van der Waals surface area contributed by atoms with Gasteiger partial charge in [0, 0.05) is 17.5 Å². The Morgan fingerprint density at radius 1 is 1.71 bits per heavy atom. The highest BCUT2D eigenvalue weighted by atomic mass is 32.1. The minimum atomic E-state index is -0.987. The number of carboxylic acid groups (broad SMARTS) is 1. The summed E-state index contributed by atoms with van der Waals surface area (Å²) in [5.74, 6) is -0.987. The smallest absolute Gasteiger partial charge is 0.320 e. The van der Waals surface area contributed by atoms with E-state index in [0.717, 1.165) is 21.3 Å². The molecule has 1 unspecified atom stereocenters. The summed E-state index contributed by atoms with van der Waals surface area (Å²) in [5.41, 5.74) is 7.30. The number of aryl methyl sites for hydroxylation is 1. The molecule has 5 nitrogen and oxygen atoms in total. The summed E-state index contributed by atoms with van der Waals surface area (Å²) in [6, 6.07) is 2.96. The van der Waals surface area contributed by atoms with Crippen LogP contribution in [0.5, 0.6) is 0 Å². The molecule has 2 heterocycles. The van der Waals surface area contributed by atoms with Gasteiger partial charge in [-0.1, -0.05) is 0 Å². The Morgan fingerprint density at radius 2 is 2.47 bits per heavy atom. The number of aromatic amines is 1. The Hall–Kier alpha value is -1.66. The number of hydrogen-bond donors (Lipinski definition) is 3. The number of aromatic nitrogens is 2. The molecule has 0 spiro atoms. The molecule has 0 amide bonds. The fraction of sp³-hybridized carbons (Fsp3) is 0.273. The van der Waals surface area contributed by atoms with E-state index in [1.165, 1.54) is 11.3 Å². The number of nitrogens with one attached hydrogen (secondary N) is 1. The molecule has 0 aliphatic carbocycles. The third-order valence-corrected chi connectivity index (χ3v) is 3.66. The Labute approximate surface area is 102 Å². The van der Waals surface area contributed by atoms with Crippen molar-refractivity contribution in [2.75, 3.05) is 0 Å². The Morgan fingerprint density at radius 3 is 3.06 bits per heavy atom. The number of H-pyrrole nitrogens is 1. The van der Waals surface area contributed by atoms with Gasteiger partial charge in [0.05, 0.1) is 11.4 Å². The average Bonchev–Trinajstić information content (AvgIpc) is 2.88. The zero-order valence-electron chi connectivity index (χ0n) is 9.30. The van der Waals surface area contributed by atoms with Crippen molar-refractivity contribution in [2.24, 2.45) is 5.73 Å². The zero-order chi connectivity index (χ0) is 12.4. The predicted molar refractivity (Wildman–Crippen MR) is 66.0 cm³/mol. The SMILES string of the molecule is Cc1nc(-c2ccc[nH]2)sc1CC(N)C(=O)O. The first-order valence-corrected chi connectivity index (χ1v) is 5.98. The summed E-state index contributed by atoms with van der Waals surface area (Å²) in [7, 11) is 0. The first-order chi connectivity index (χ1) is 8.08. The summed E-state index contributed by atoms with van der Waals surface area (Å²) < 4.78 is 0. The molecule has 0 saturated heterocycles. The van der Waals surface area contributed by atoms with E-state index in [1.54, 1.807) is 0 Å². The molecule has 2 aromatic rings. The molecule has 17 heavy (non-hydrogen) atoms. The van der Waals surface area contributed by atoms with Crippen molar-refractivity contribution in [1.82, 2.24) is 9.97 Å². The van der Waals surface area contributed by atoms with Gasteiger partial charge in [0.2, 0.25) is 0 Å². The average molecular weight is 251 g/mol. The lowest BCUT2D eigenvalue weighted by Gasteiger charge is -2.03. The number of hydrogen-bond acceptors (Lipinski definition) is 4. The van der Waals surface area contributed by atoms with Gasteiger partial charge < -0.3 is 15.8 Å². The van der Waals surface area contributed by atoms with Crippen LogP contribution < -0.4 is 5.73 Å². The van der Waals surface area contributed by atoms with Crippen molar-refractivity contribution in [3.63, 3.8) is 0 Å². The normalized spacial score (nSPS) is 12.6. The minimum Gasteiger partial charge on any atom is -0.480 e. The molecule has 0 aliphatic heterocycles. The molecule has 0 aliphatic rings. The topological polar surface area (TPSA) is 92.0 Å². The maximum absolute atomic E-state index is 10.7. The Bertz CT molecular complexity index is 519. The maximum Gasteiger partial charge on any atom is 0.320 e. The van der Waals surface area contributed by atoms with Crippen LogP contribution in [0.2, 0.25) is 0 Å². The van der Waals surface area contributed by atoms with Crippen LogP contribution in [-0.2, 0) is 11.2 Å². The fourth-order valence-corrected chi connectivity index (χ4v) is 2.59. The highest BCUT2D eigenvalue weighted by Crippen LogP contribution is 2.27. The van der Waals surface area contributed by atoms with Gasteiger partial charge in [-0.3, -0.25) is 4.79 Å². The molecule has 0 saturated carbocycles. The maximum atomic E-state index is 10.7. The molecule has 90 valence electrons. The van der Waals surface area contributed by atoms with Gasteiger partial charge in [-0.05, 0) is 19.1 Å². The molecule has 0 fully saturated rings. The molecule has 0 radical (unpaired) electrons. The molecular formula is C11H13N3O2S. The second kappa shape index (κ2) is 4.68. The van der Waals surface area contributed by atoms with Crippen LogP contribution in [0.25, 0.3) is 10.7 Å². The van der Waals surface area contributed by atoms with Gasteiger partial charge in [-0.15, -0.1) is 11.3 Å². The van der Waals surface area contributed by atoms with Gasteiger partial charge in [-0.2, -0.15) is 0 Å². The van der Waals surface area contributed by atoms with Gasteiger partial charge in [0.25, 0.3) is 0 Å². The lowest BCUT2D eigenvalue weighted by Crippen LogP contribution is -2.32. The lowest BCUT2D eigenvalue weighted by atomic mass is 10.2. The van der Waals surface area contributed by atoms with Gasteiger partial charge >= 0.3 is 5.97 Å². The van der Waals surface area contributed by atoms with Crippen LogP contribution in [0.3, 0.4) is 0 Å². The van der Waals surface area contributed by atoms with Crippen molar-refractivity contribution in [2.45, 2.75) is 19.4 Å². The van der Waals surface area contributed by atoms with Gasteiger partial charge in [0.1, 0.15) is 11.0 Å². The predicted octanol–water partition coefficient (Wildman–Crippen LogP) is 1.40. The van der Waals surface area contributed by atoms with Crippen molar-refractivity contribution in [3.05, 3.63) is 28.9 Å². The van der Waals surface area contributed by atoms with Crippen molar-refractivity contribution < 1.29 is 9.90 Å². The summed E-state index contributed by atoms with van der Waals surface area (Å²) in [6.07, 6.45) is 2.15. The molecule has 0 bridgehead atoms.